The number of hydrogen-bond acceptors (Lipinski definition) is 6. The van der Waals surface area contributed by atoms with Crippen molar-refractivity contribution in [3.8, 4) is 5.75 Å². The van der Waals surface area contributed by atoms with Crippen LogP contribution in [-0.2, 0) is 9.53 Å². The van der Waals surface area contributed by atoms with E-state index in [0.717, 1.165) is 0 Å². The molecule has 0 aromatic heterocycles. The van der Waals surface area contributed by atoms with E-state index in [1.54, 1.807) is 70.3 Å². The van der Waals surface area contributed by atoms with Gasteiger partial charge in [0.15, 0.2) is 12.4 Å². The molecule has 32 heavy (non-hydrogen) atoms. The zero-order valence-electron chi connectivity index (χ0n) is 18.4. The predicted octanol–water partition coefficient (Wildman–Crippen LogP) is 2.70. The van der Waals surface area contributed by atoms with Gasteiger partial charge in [0.1, 0.15) is 11.9 Å². The number of ketones is 1. The van der Waals surface area contributed by atoms with Crippen molar-refractivity contribution < 1.29 is 28.7 Å². The van der Waals surface area contributed by atoms with Gasteiger partial charge in [-0.05, 0) is 51.1 Å². The zero-order chi connectivity index (χ0) is 23.2. The number of fused-ring (bicyclic) bond motifs is 2. The Kier molecular flexibility index (Phi) is 5.34. The molecule has 0 saturated heterocycles. The molecule has 0 spiro atoms. The third-order valence-corrected chi connectivity index (χ3v) is 5.79. The summed E-state index contributed by atoms with van der Waals surface area (Å²) in [6, 6.07) is 11.6. The fraction of sp³-hybridized carbons (Fsp3) is 0.333. The van der Waals surface area contributed by atoms with Gasteiger partial charge in [-0.1, -0.05) is 12.1 Å². The Morgan fingerprint density at radius 1 is 1.09 bits per heavy atom. The summed E-state index contributed by atoms with van der Waals surface area (Å²) in [5.41, 5.74) is 0.665. The van der Waals surface area contributed by atoms with Crippen molar-refractivity contribution in [2.24, 2.45) is 0 Å². The Hall–Kier alpha value is -3.52. The first-order valence-electron chi connectivity index (χ1n) is 10.3. The summed E-state index contributed by atoms with van der Waals surface area (Å²) < 4.78 is 11.2. The zero-order valence-corrected chi connectivity index (χ0v) is 18.4. The molecule has 2 heterocycles. The number of benzene rings is 2. The lowest BCUT2D eigenvalue weighted by Crippen LogP contribution is -2.51. The van der Waals surface area contributed by atoms with Crippen molar-refractivity contribution in [3.63, 3.8) is 0 Å². The molecule has 2 aliphatic heterocycles. The Bertz CT molecular complexity index is 1100. The maximum atomic E-state index is 12.9. The van der Waals surface area contributed by atoms with Crippen molar-refractivity contribution in [2.75, 3.05) is 25.2 Å². The van der Waals surface area contributed by atoms with Crippen LogP contribution >= 0.6 is 0 Å². The molecule has 0 fully saturated rings. The van der Waals surface area contributed by atoms with E-state index in [9.17, 15) is 19.2 Å². The van der Waals surface area contributed by atoms with E-state index in [4.69, 9.17) is 9.47 Å². The molecular formula is C24H24N2O6. The Morgan fingerprint density at radius 2 is 1.72 bits per heavy atom. The van der Waals surface area contributed by atoms with Gasteiger partial charge >= 0.3 is 0 Å². The number of hydrogen-bond donors (Lipinski definition) is 0. The number of rotatable bonds is 6. The molecule has 2 aliphatic rings. The van der Waals surface area contributed by atoms with E-state index in [0.29, 0.717) is 28.1 Å². The molecule has 0 saturated carbocycles. The first-order chi connectivity index (χ1) is 15.1. The quantitative estimate of drug-likeness (QED) is 0.511. The second-order valence-corrected chi connectivity index (χ2v) is 8.55. The lowest BCUT2D eigenvalue weighted by Gasteiger charge is -2.34. The normalized spacial score (nSPS) is 16.6. The molecule has 0 bridgehead atoms. The maximum absolute atomic E-state index is 12.9. The molecule has 4 rings (SSSR count). The number of amides is 3. The van der Waals surface area contributed by atoms with Gasteiger partial charge in [-0.3, -0.25) is 24.1 Å². The van der Waals surface area contributed by atoms with Crippen molar-refractivity contribution in [2.45, 2.75) is 32.4 Å². The number of nitrogens with zero attached hydrogens (tertiary/aromatic N) is 2. The largest absolute Gasteiger partial charge is 0.482 e. The summed E-state index contributed by atoms with van der Waals surface area (Å²) in [5, 5.41) is 0. The van der Waals surface area contributed by atoms with Gasteiger partial charge in [0.25, 0.3) is 17.7 Å². The van der Waals surface area contributed by atoms with Crippen LogP contribution in [0.1, 0.15) is 51.8 Å². The minimum absolute atomic E-state index is 0.0161. The summed E-state index contributed by atoms with van der Waals surface area (Å²) >= 11 is 0. The standard InChI is InChI=1S/C24H24N2O6/c1-14(21(28)15-9-10-19-18(11-15)25(4)20(27)12-31-19)32-13-24(2,3)26-22(29)16-7-5-6-8-17(16)23(26)30/h5-11,14H,12-13H2,1-4H3. The van der Waals surface area contributed by atoms with Crippen molar-refractivity contribution in [1.82, 2.24) is 4.90 Å². The number of anilines is 1. The van der Waals surface area contributed by atoms with Crippen LogP contribution < -0.4 is 9.64 Å². The highest BCUT2D eigenvalue weighted by Gasteiger charge is 2.44. The number of ether oxygens (including phenoxy) is 2. The van der Waals surface area contributed by atoms with E-state index >= 15 is 0 Å². The van der Waals surface area contributed by atoms with E-state index in [1.165, 1.54) is 9.80 Å². The highest BCUT2D eigenvalue weighted by Crippen LogP contribution is 2.33. The summed E-state index contributed by atoms with van der Waals surface area (Å²) in [6.07, 6.45) is -0.826. The number of carbonyl (C=O) groups is 4. The Labute approximate surface area is 185 Å². The minimum atomic E-state index is -0.960. The fourth-order valence-electron chi connectivity index (χ4n) is 3.87. The molecule has 8 heteroatoms. The van der Waals surface area contributed by atoms with Crippen molar-refractivity contribution in [1.29, 1.82) is 0 Å². The summed E-state index contributed by atoms with van der Waals surface area (Å²) in [5.74, 6) is -0.698. The Balaban J connectivity index is 1.46. The first-order valence-corrected chi connectivity index (χ1v) is 10.3. The molecular weight excluding hydrogens is 412 g/mol. The van der Waals surface area contributed by atoms with E-state index in [-0.39, 0.29) is 36.7 Å². The third-order valence-electron chi connectivity index (χ3n) is 5.79. The second kappa shape index (κ2) is 7.87. The van der Waals surface area contributed by atoms with Gasteiger partial charge < -0.3 is 14.4 Å². The van der Waals surface area contributed by atoms with Crippen LogP contribution in [-0.4, -0.2) is 60.3 Å². The summed E-state index contributed by atoms with van der Waals surface area (Å²) in [7, 11) is 1.63. The highest BCUT2D eigenvalue weighted by molar-refractivity contribution is 6.21. The molecule has 2 aromatic rings. The van der Waals surface area contributed by atoms with Gasteiger partial charge in [-0.15, -0.1) is 0 Å². The van der Waals surface area contributed by atoms with Crippen LogP contribution in [0.4, 0.5) is 5.69 Å². The number of Topliss-reactive ketones (excluding diaryl/α,β-unsaturated/α-hetero) is 1. The van der Waals surface area contributed by atoms with Crippen molar-refractivity contribution >= 4 is 29.2 Å². The van der Waals surface area contributed by atoms with E-state index in [2.05, 4.69) is 0 Å². The average molecular weight is 436 g/mol. The van der Waals surface area contributed by atoms with Crippen LogP contribution in [0.25, 0.3) is 0 Å². The average Bonchev–Trinajstić information content (AvgIpc) is 3.05. The van der Waals surface area contributed by atoms with Crippen LogP contribution in [0.2, 0.25) is 0 Å². The Morgan fingerprint density at radius 3 is 2.34 bits per heavy atom. The number of imide groups is 1. The molecule has 0 aliphatic carbocycles. The monoisotopic (exact) mass is 436 g/mol. The minimum Gasteiger partial charge on any atom is -0.482 e. The lowest BCUT2D eigenvalue weighted by atomic mass is 10.0. The van der Waals surface area contributed by atoms with Gasteiger partial charge in [0.2, 0.25) is 0 Å². The SMILES string of the molecule is CC(OCC(C)(C)N1C(=O)c2ccccc2C1=O)C(=O)c1ccc2c(c1)N(C)C(=O)CO2. The van der Waals surface area contributed by atoms with Gasteiger partial charge in [-0.25, -0.2) is 0 Å². The second-order valence-electron chi connectivity index (χ2n) is 8.55. The van der Waals surface area contributed by atoms with E-state index < -0.39 is 11.6 Å². The van der Waals surface area contributed by atoms with Crippen LogP contribution in [0.3, 0.4) is 0 Å². The molecule has 2 aromatic carbocycles. The predicted molar refractivity (Wildman–Crippen MR) is 116 cm³/mol. The molecule has 1 atom stereocenters. The van der Waals surface area contributed by atoms with Crippen LogP contribution in [0.5, 0.6) is 5.75 Å². The molecule has 3 amide bonds. The van der Waals surface area contributed by atoms with Crippen molar-refractivity contribution in [3.05, 3.63) is 59.2 Å². The van der Waals surface area contributed by atoms with Gasteiger partial charge in [-0.2, -0.15) is 0 Å². The van der Waals surface area contributed by atoms with Gasteiger partial charge in [0.05, 0.1) is 29.0 Å². The number of likely N-dealkylation sites (N-methyl/N-ethyl adjacent to an activating group) is 1. The smallest absolute Gasteiger partial charge is 0.264 e. The van der Waals surface area contributed by atoms with Crippen LogP contribution in [0, 0.1) is 0 Å². The molecule has 166 valence electrons. The summed E-state index contributed by atoms with van der Waals surface area (Å²) in [6.45, 7) is 5.01. The van der Waals surface area contributed by atoms with E-state index in [1.807, 2.05) is 0 Å². The lowest BCUT2D eigenvalue weighted by molar-refractivity contribution is -0.121. The maximum Gasteiger partial charge on any atom is 0.264 e. The molecule has 0 radical (unpaired) electrons. The number of carbonyl (C=O) groups excluding carboxylic acids is 4. The summed E-state index contributed by atoms with van der Waals surface area (Å²) in [4.78, 5) is 53.0. The first kappa shape index (κ1) is 21.7. The topological polar surface area (TPSA) is 93.2 Å². The highest BCUT2D eigenvalue weighted by atomic mass is 16.5. The molecule has 8 nitrogen and oxygen atoms in total. The molecule has 1 unspecified atom stereocenters. The van der Waals surface area contributed by atoms with Gasteiger partial charge in [0, 0.05) is 12.6 Å². The fourth-order valence-corrected chi connectivity index (χ4v) is 3.87. The molecule has 0 N–H and O–H groups in total. The van der Waals surface area contributed by atoms with Crippen LogP contribution in [0.15, 0.2) is 42.5 Å². The third kappa shape index (κ3) is 3.56.